The third-order valence-electron chi connectivity index (χ3n) is 5.40. The van der Waals surface area contributed by atoms with Crippen molar-refractivity contribution in [2.45, 2.75) is 50.3 Å². The number of anilines is 1. The normalized spacial score (nSPS) is 14.4. The Morgan fingerprint density at radius 2 is 1.83 bits per heavy atom. The lowest BCUT2D eigenvalue weighted by Gasteiger charge is -2.21. The Morgan fingerprint density at radius 3 is 2.62 bits per heavy atom. The van der Waals surface area contributed by atoms with Crippen LogP contribution in [-0.4, -0.2) is 24.1 Å². The average Bonchev–Trinajstić information content (AvgIpc) is 2.77. The van der Waals surface area contributed by atoms with Crippen molar-refractivity contribution in [3.63, 3.8) is 0 Å². The summed E-state index contributed by atoms with van der Waals surface area (Å²) in [6, 6.07) is 15.3. The van der Waals surface area contributed by atoms with Gasteiger partial charge in [-0.15, -0.1) is 11.8 Å². The number of nitrogens with one attached hydrogen (secondary N) is 2. The van der Waals surface area contributed by atoms with Crippen molar-refractivity contribution in [3.8, 4) is 0 Å². The molecule has 5 heteroatoms. The molecule has 0 aliphatic heterocycles. The number of amides is 2. The van der Waals surface area contributed by atoms with Crippen LogP contribution < -0.4 is 10.6 Å². The highest BCUT2D eigenvalue weighted by atomic mass is 32.2. The van der Waals surface area contributed by atoms with Gasteiger partial charge in [0.15, 0.2) is 0 Å². The quantitative estimate of drug-likeness (QED) is 0.581. The van der Waals surface area contributed by atoms with E-state index in [1.807, 2.05) is 42.5 Å². The molecule has 0 heterocycles. The lowest BCUT2D eigenvalue weighted by Crippen LogP contribution is -2.31. The van der Waals surface area contributed by atoms with Crippen molar-refractivity contribution in [3.05, 3.63) is 59.7 Å². The zero-order valence-corrected chi connectivity index (χ0v) is 17.9. The maximum atomic E-state index is 12.8. The summed E-state index contributed by atoms with van der Waals surface area (Å²) in [5.74, 6) is 0.826. The minimum Gasteiger partial charge on any atom is -0.355 e. The van der Waals surface area contributed by atoms with Gasteiger partial charge in [-0.1, -0.05) is 50.5 Å². The Bertz CT molecular complexity index is 831. The predicted octanol–water partition coefficient (Wildman–Crippen LogP) is 5.29. The molecular formula is C24H30N2O2S. The first-order valence-electron chi connectivity index (χ1n) is 10.5. The molecule has 0 aromatic heterocycles. The monoisotopic (exact) mass is 410 g/mol. The van der Waals surface area contributed by atoms with Crippen molar-refractivity contribution >= 4 is 29.3 Å². The molecule has 3 rings (SSSR count). The minimum atomic E-state index is -0.149. The highest BCUT2D eigenvalue weighted by Crippen LogP contribution is 2.25. The van der Waals surface area contributed by atoms with Crippen molar-refractivity contribution in [2.24, 2.45) is 5.92 Å². The molecule has 154 valence electrons. The lowest BCUT2D eigenvalue weighted by molar-refractivity contribution is -0.118. The van der Waals surface area contributed by atoms with E-state index in [4.69, 9.17) is 0 Å². The second-order valence-corrected chi connectivity index (χ2v) is 8.62. The molecule has 2 aromatic rings. The number of hydrogen-bond acceptors (Lipinski definition) is 3. The van der Waals surface area contributed by atoms with Crippen LogP contribution >= 0.6 is 11.8 Å². The van der Waals surface area contributed by atoms with E-state index in [-0.39, 0.29) is 11.8 Å². The first kappa shape index (κ1) is 21.4. The van der Waals surface area contributed by atoms with Gasteiger partial charge >= 0.3 is 0 Å². The highest BCUT2D eigenvalue weighted by Gasteiger charge is 2.16. The Hall–Kier alpha value is -2.27. The van der Waals surface area contributed by atoms with E-state index in [0.29, 0.717) is 17.2 Å². The van der Waals surface area contributed by atoms with Gasteiger partial charge in [-0.2, -0.15) is 0 Å². The molecule has 2 aromatic carbocycles. The number of carbonyl (C=O) groups is 2. The first-order valence-corrected chi connectivity index (χ1v) is 11.5. The van der Waals surface area contributed by atoms with Crippen LogP contribution in [0.3, 0.4) is 0 Å². The van der Waals surface area contributed by atoms with Crippen LogP contribution in [0.4, 0.5) is 5.69 Å². The number of rotatable bonds is 8. The standard InChI is InChI=1S/C24H30N2O2S/c1-2-18-11-8-12-20(15-18)26-24(28)21-13-6-7-14-22(21)29-17-23(27)25-16-19-9-4-3-5-10-19/h6-8,11-15,19H,2-5,9-10,16-17H2,1H3,(H,25,27)(H,26,28). The van der Waals surface area contributed by atoms with Gasteiger partial charge in [0.25, 0.3) is 5.91 Å². The molecule has 1 saturated carbocycles. The molecule has 0 bridgehead atoms. The lowest BCUT2D eigenvalue weighted by atomic mass is 9.89. The van der Waals surface area contributed by atoms with Gasteiger partial charge in [-0.05, 0) is 55.0 Å². The summed E-state index contributed by atoms with van der Waals surface area (Å²) in [5.41, 5.74) is 2.57. The summed E-state index contributed by atoms with van der Waals surface area (Å²) in [7, 11) is 0. The molecule has 2 amide bonds. The van der Waals surface area contributed by atoms with Gasteiger partial charge in [0.1, 0.15) is 0 Å². The average molecular weight is 411 g/mol. The molecule has 1 aliphatic rings. The molecule has 0 radical (unpaired) electrons. The molecule has 0 unspecified atom stereocenters. The minimum absolute atomic E-state index is 0.0337. The number of benzene rings is 2. The molecule has 1 fully saturated rings. The number of hydrogen-bond donors (Lipinski definition) is 2. The van der Waals surface area contributed by atoms with Crippen LogP contribution in [0.25, 0.3) is 0 Å². The van der Waals surface area contributed by atoms with Crippen LogP contribution in [0.2, 0.25) is 0 Å². The SMILES string of the molecule is CCc1cccc(NC(=O)c2ccccc2SCC(=O)NCC2CCCCC2)c1. The Kier molecular flexibility index (Phi) is 8.17. The van der Waals surface area contributed by atoms with Gasteiger partial charge in [0.05, 0.1) is 11.3 Å². The van der Waals surface area contributed by atoms with Gasteiger partial charge in [-0.3, -0.25) is 9.59 Å². The zero-order chi connectivity index (χ0) is 20.5. The largest absolute Gasteiger partial charge is 0.355 e. The molecule has 0 atom stereocenters. The van der Waals surface area contributed by atoms with Crippen LogP contribution in [-0.2, 0) is 11.2 Å². The summed E-state index contributed by atoms with van der Waals surface area (Å²) in [4.78, 5) is 25.9. The van der Waals surface area contributed by atoms with E-state index < -0.39 is 0 Å². The summed E-state index contributed by atoms with van der Waals surface area (Å²) in [5, 5.41) is 6.04. The predicted molar refractivity (Wildman–Crippen MR) is 121 cm³/mol. The molecule has 1 aliphatic carbocycles. The van der Waals surface area contributed by atoms with E-state index in [1.54, 1.807) is 6.07 Å². The molecule has 29 heavy (non-hydrogen) atoms. The summed E-state index contributed by atoms with van der Waals surface area (Å²) >= 11 is 1.42. The first-order chi connectivity index (χ1) is 14.2. The van der Waals surface area contributed by atoms with Gasteiger partial charge < -0.3 is 10.6 Å². The fourth-order valence-electron chi connectivity index (χ4n) is 3.69. The van der Waals surface area contributed by atoms with Crippen LogP contribution in [0.5, 0.6) is 0 Å². The second-order valence-electron chi connectivity index (χ2n) is 7.60. The summed E-state index contributed by atoms with van der Waals surface area (Å²) in [6.45, 7) is 2.86. The van der Waals surface area contributed by atoms with Gasteiger partial charge in [-0.25, -0.2) is 0 Å². The van der Waals surface area contributed by atoms with E-state index in [0.717, 1.165) is 23.5 Å². The Labute approximate surface area is 177 Å². The molecule has 4 nitrogen and oxygen atoms in total. The Balaban J connectivity index is 1.55. The van der Waals surface area contributed by atoms with E-state index in [9.17, 15) is 9.59 Å². The van der Waals surface area contributed by atoms with Gasteiger partial charge in [0, 0.05) is 17.1 Å². The van der Waals surface area contributed by atoms with Crippen LogP contribution in [0.1, 0.15) is 54.9 Å². The smallest absolute Gasteiger partial charge is 0.256 e. The number of thioether (sulfide) groups is 1. The topological polar surface area (TPSA) is 58.2 Å². The molecular weight excluding hydrogens is 380 g/mol. The summed E-state index contributed by atoms with van der Waals surface area (Å²) in [6.07, 6.45) is 7.23. The zero-order valence-electron chi connectivity index (χ0n) is 17.1. The van der Waals surface area contributed by atoms with Crippen molar-refractivity contribution in [1.29, 1.82) is 0 Å². The Morgan fingerprint density at radius 1 is 1.03 bits per heavy atom. The fourth-order valence-corrected chi connectivity index (χ4v) is 4.57. The number of carbonyl (C=O) groups excluding carboxylic acids is 2. The van der Waals surface area contributed by atoms with Crippen molar-refractivity contribution in [1.82, 2.24) is 5.32 Å². The highest BCUT2D eigenvalue weighted by molar-refractivity contribution is 8.00. The number of aryl methyl sites for hydroxylation is 1. The van der Waals surface area contributed by atoms with E-state index in [1.165, 1.54) is 49.4 Å². The van der Waals surface area contributed by atoms with Crippen LogP contribution in [0.15, 0.2) is 53.4 Å². The third-order valence-corrected chi connectivity index (χ3v) is 6.47. The second kappa shape index (κ2) is 11.1. The molecule has 2 N–H and O–H groups in total. The van der Waals surface area contributed by atoms with Crippen molar-refractivity contribution in [2.75, 3.05) is 17.6 Å². The molecule has 0 saturated heterocycles. The molecule has 0 spiro atoms. The fraction of sp³-hybridized carbons (Fsp3) is 0.417. The summed E-state index contributed by atoms with van der Waals surface area (Å²) < 4.78 is 0. The maximum absolute atomic E-state index is 12.8. The van der Waals surface area contributed by atoms with Crippen LogP contribution in [0, 0.1) is 5.92 Å². The van der Waals surface area contributed by atoms with E-state index in [2.05, 4.69) is 17.6 Å². The maximum Gasteiger partial charge on any atom is 0.256 e. The van der Waals surface area contributed by atoms with Crippen molar-refractivity contribution < 1.29 is 9.59 Å². The van der Waals surface area contributed by atoms with E-state index >= 15 is 0 Å². The van der Waals surface area contributed by atoms with Gasteiger partial charge in [0.2, 0.25) is 5.91 Å². The third kappa shape index (κ3) is 6.64.